The predicted octanol–water partition coefficient (Wildman–Crippen LogP) is 3.45. The highest BCUT2D eigenvalue weighted by atomic mass is 35.5. The summed E-state index contributed by atoms with van der Waals surface area (Å²) in [6.07, 6.45) is -2.09. The van der Waals surface area contributed by atoms with Gasteiger partial charge < -0.3 is 4.74 Å². The number of carbonyl (C=O) groups excluding carboxylic acids is 1. The Kier molecular flexibility index (Phi) is 4.29. The van der Waals surface area contributed by atoms with E-state index in [2.05, 4.69) is 0 Å². The number of alkyl halides is 2. The minimum absolute atomic E-state index is 0.0711. The quantitative estimate of drug-likeness (QED) is 0.770. The minimum Gasteiger partial charge on any atom is -0.488 e. The van der Waals surface area contributed by atoms with Crippen LogP contribution in [0.5, 0.6) is 5.75 Å². The summed E-state index contributed by atoms with van der Waals surface area (Å²) in [5.74, 6) is 0.107. The van der Waals surface area contributed by atoms with Gasteiger partial charge in [-0.05, 0) is 12.1 Å². The van der Waals surface area contributed by atoms with Crippen LogP contribution in [-0.2, 0) is 0 Å². The van der Waals surface area contributed by atoms with E-state index in [4.69, 9.17) is 27.9 Å². The molecule has 0 heterocycles. The van der Waals surface area contributed by atoms with Crippen LogP contribution in [0.3, 0.4) is 0 Å². The van der Waals surface area contributed by atoms with Gasteiger partial charge in [0.2, 0.25) is 0 Å². The molecule has 0 aromatic heterocycles. The highest BCUT2D eigenvalue weighted by Crippen LogP contribution is 2.29. The van der Waals surface area contributed by atoms with Crippen LogP contribution in [0.15, 0.2) is 12.1 Å². The Bertz CT molecular complexity index is 346. The van der Waals surface area contributed by atoms with Gasteiger partial charge in [-0.25, -0.2) is 8.78 Å². The number of aldehydes is 1. The molecule has 0 radical (unpaired) electrons. The average molecular weight is 255 g/mol. The first-order valence-electron chi connectivity index (χ1n) is 3.89. The van der Waals surface area contributed by atoms with E-state index < -0.39 is 13.0 Å². The third-order valence-corrected chi connectivity index (χ3v) is 2.17. The molecule has 1 aromatic rings. The van der Waals surface area contributed by atoms with Gasteiger partial charge in [0.15, 0.2) is 6.29 Å². The Balaban J connectivity index is 2.88. The molecule has 0 aliphatic carbocycles. The maximum absolute atomic E-state index is 11.8. The van der Waals surface area contributed by atoms with Gasteiger partial charge in [-0.3, -0.25) is 4.79 Å². The van der Waals surface area contributed by atoms with E-state index >= 15 is 0 Å². The summed E-state index contributed by atoms with van der Waals surface area (Å²) in [6, 6.07) is 2.53. The first-order valence-corrected chi connectivity index (χ1v) is 4.65. The third-order valence-electron chi connectivity index (χ3n) is 1.55. The van der Waals surface area contributed by atoms with Gasteiger partial charge in [0.25, 0.3) is 6.43 Å². The van der Waals surface area contributed by atoms with Gasteiger partial charge in [0.05, 0.1) is 15.6 Å². The topological polar surface area (TPSA) is 26.3 Å². The van der Waals surface area contributed by atoms with Crippen LogP contribution in [0.4, 0.5) is 8.78 Å². The van der Waals surface area contributed by atoms with E-state index in [1.165, 1.54) is 12.1 Å². The van der Waals surface area contributed by atoms with Gasteiger partial charge in [0.1, 0.15) is 12.4 Å². The van der Waals surface area contributed by atoms with Crippen molar-refractivity contribution in [1.29, 1.82) is 0 Å². The third kappa shape index (κ3) is 3.32. The number of hydrogen-bond donors (Lipinski definition) is 0. The van der Waals surface area contributed by atoms with E-state index in [-0.39, 0.29) is 21.4 Å². The Hall–Kier alpha value is -0.870. The van der Waals surface area contributed by atoms with Crippen LogP contribution in [0.1, 0.15) is 10.4 Å². The van der Waals surface area contributed by atoms with Crippen molar-refractivity contribution in [3.8, 4) is 5.75 Å². The highest BCUT2D eigenvalue weighted by Gasteiger charge is 2.09. The first kappa shape index (κ1) is 12.2. The van der Waals surface area contributed by atoms with Crippen molar-refractivity contribution in [3.05, 3.63) is 27.7 Å². The second-order valence-electron chi connectivity index (χ2n) is 2.62. The van der Waals surface area contributed by atoms with Crippen molar-refractivity contribution in [2.24, 2.45) is 0 Å². The molecule has 15 heavy (non-hydrogen) atoms. The van der Waals surface area contributed by atoms with Crippen LogP contribution in [0, 0.1) is 0 Å². The molecule has 0 atom stereocenters. The lowest BCUT2D eigenvalue weighted by molar-refractivity contribution is 0.0819. The van der Waals surface area contributed by atoms with Gasteiger partial charge in [-0.15, -0.1) is 0 Å². The molecule has 0 fully saturated rings. The van der Waals surface area contributed by atoms with Crippen molar-refractivity contribution in [2.45, 2.75) is 6.43 Å². The molecule has 1 rings (SSSR count). The second kappa shape index (κ2) is 5.28. The molecular formula is C9H6Cl2F2O2. The molecule has 6 heteroatoms. The molecule has 0 spiro atoms. The van der Waals surface area contributed by atoms with Crippen molar-refractivity contribution in [3.63, 3.8) is 0 Å². The maximum atomic E-state index is 11.8. The van der Waals surface area contributed by atoms with Crippen LogP contribution in [0.2, 0.25) is 10.0 Å². The van der Waals surface area contributed by atoms with Crippen molar-refractivity contribution >= 4 is 29.5 Å². The molecule has 0 N–H and O–H groups in total. The zero-order valence-electron chi connectivity index (χ0n) is 7.34. The molecule has 0 amide bonds. The number of rotatable bonds is 4. The van der Waals surface area contributed by atoms with Crippen LogP contribution >= 0.6 is 23.2 Å². The first-order chi connectivity index (χ1) is 7.04. The molecule has 0 unspecified atom stereocenters. The Morgan fingerprint density at radius 3 is 2.27 bits per heavy atom. The number of hydrogen-bond acceptors (Lipinski definition) is 2. The summed E-state index contributed by atoms with van der Waals surface area (Å²) in [6.45, 7) is -0.743. The predicted molar refractivity (Wildman–Crippen MR) is 53.3 cm³/mol. The Morgan fingerprint density at radius 1 is 1.33 bits per heavy atom. The molecular weight excluding hydrogens is 249 g/mol. The number of benzene rings is 1. The normalized spacial score (nSPS) is 10.5. The number of ether oxygens (including phenoxy) is 1. The molecule has 82 valence electrons. The van der Waals surface area contributed by atoms with E-state index in [0.717, 1.165) is 0 Å². The highest BCUT2D eigenvalue weighted by molar-refractivity contribution is 6.38. The van der Waals surface area contributed by atoms with Gasteiger partial charge in [0, 0.05) is 0 Å². The van der Waals surface area contributed by atoms with Crippen molar-refractivity contribution in [2.75, 3.05) is 6.61 Å². The molecule has 0 aliphatic rings. The Labute approximate surface area is 94.7 Å². The summed E-state index contributed by atoms with van der Waals surface area (Å²) in [7, 11) is 0. The minimum atomic E-state index is -2.58. The van der Waals surface area contributed by atoms with Crippen molar-refractivity contribution in [1.82, 2.24) is 0 Å². The molecule has 0 aliphatic heterocycles. The molecule has 1 aromatic carbocycles. The van der Waals surface area contributed by atoms with Crippen LogP contribution in [-0.4, -0.2) is 19.3 Å². The lowest BCUT2D eigenvalue weighted by Gasteiger charge is -2.07. The Morgan fingerprint density at radius 2 is 1.87 bits per heavy atom. The summed E-state index contributed by atoms with van der Waals surface area (Å²) in [5, 5.41) is 0.142. The standard InChI is InChI=1S/C9H6Cl2F2O2/c10-7-1-5(15-4-9(12)13)2-8(11)6(7)3-14/h1-3,9H,4H2. The lowest BCUT2D eigenvalue weighted by Crippen LogP contribution is -2.07. The number of carbonyl (C=O) groups is 1. The zero-order valence-corrected chi connectivity index (χ0v) is 8.86. The molecule has 2 nitrogen and oxygen atoms in total. The van der Waals surface area contributed by atoms with E-state index in [0.29, 0.717) is 6.29 Å². The lowest BCUT2D eigenvalue weighted by atomic mass is 10.2. The van der Waals surface area contributed by atoms with Crippen molar-refractivity contribution < 1.29 is 18.3 Å². The number of halogens is 4. The monoisotopic (exact) mass is 254 g/mol. The van der Waals surface area contributed by atoms with Crippen LogP contribution in [0.25, 0.3) is 0 Å². The van der Waals surface area contributed by atoms with Gasteiger partial charge in [-0.1, -0.05) is 23.2 Å². The summed E-state index contributed by atoms with van der Waals surface area (Å²) in [5.41, 5.74) is 0.114. The fraction of sp³-hybridized carbons (Fsp3) is 0.222. The van der Waals surface area contributed by atoms with Crippen LogP contribution < -0.4 is 4.74 Å². The fourth-order valence-electron chi connectivity index (χ4n) is 0.916. The second-order valence-corrected chi connectivity index (χ2v) is 3.43. The summed E-state index contributed by atoms with van der Waals surface area (Å²) >= 11 is 11.3. The van der Waals surface area contributed by atoms with E-state index in [1.54, 1.807) is 0 Å². The van der Waals surface area contributed by atoms with E-state index in [9.17, 15) is 13.6 Å². The SMILES string of the molecule is O=Cc1c(Cl)cc(OCC(F)F)cc1Cl. The molecule has 0 saturated heterocycles. The van der Waals surface area contributed by atoms with Gasteiger partial charge >= 0.3 is 0 Å². The van der Waals surface area contributed by atoms with Gasteiger partial charge in [-0.2, -0.15) is 0 Å². The largest absolute Gasteiger partial charge is 0.488 e. The molecule has 0 saturated carbocycles. The average Bonchev–Trinajstić information content (AvgIpc) is 2.14. The molecule has 0 bridgehead atoms. The fourth-order valence-corrected chi connectivity index (χ4v) is 1.47. The zero-order chi connectivity index (χ0) is 11.4. The summed E-state index contributed by atoms with van der Waals surface area (Å²) < 4.78 is 28.3. The summed E-state index contributed by atoms with van der Waals surface area (Å²) in [4.78, 5) is 10.5. The maximum Gasteiger partial charge on any atom is 0.272 e. The van der Waals surface area contributed by atoms with E-state index in [1.807, 2.05) is 0 Å². The smallest absolute Gasteiger partial charge is 0.272 e.